The topological polar surface area (TPSA) is 63.0 Å². The van der Waals surface area contributed by atoms with Crippen LogP contribution < -0.4 is 4.90 Å². The first kappa shape index (κ1) is 14.4. The van der Waals surface area contributed by atoms with E-state index in [0.29, 0.717) is 26.3 Å². The molecule has 0 radical (unpaired) electrons. The molecule has 2 fully saturated rings. The summed E-state index contributed by atoms with van der Waals surface area (Å²) in [5.41, 5.74) is 0.840. The minimum Gasteiger partial charge on any atom is -0.378 e. The molecule has 0 saturated carbocycles. The van der Waals surface area contributed by atoms with Gasteiger partial charge in [0.15, 0.2) is 5.65 Å². The van der Waals surface area contributed by atoms with Gasteiger partial charge in [-0.05, 0) is 25.0 Å². The summed E-state index contributed by atoms with van der Waals surface area (Å²) < 4.78 is 7.12. The van der Waals surface area contributed by atoms with E-state index in [4.69, 9.17) is 4.74 Å². The zero-order valence-electron chi connectivity index (χ0n) is 13.1. The van der Waals surface area contributed by atoms with Gasteiger partial charge in [-0.1, -0.05) is 0 Å². The van der Waals surface area contributed by atoms with E-state index in [2.05, 4.69) is 15.0 Å². The van der Waals surface area contributed by atoms with Gasteiger partial charge in [0, 0.05) is 38.6 Å². The van der Waals surface area contributed by atoms with Gasteiger partial charge in [0.1, 0.15) is 5.82 Å². The van der Waals surface area contributed by atoms with E-state index in [1.54, 1.807) is 10.7 Å². The number of nitrogens with zero attached hydrogens (tertiary/aromatic N) is 5. The highest BCUT2D eigenvalue weighted by Crippen LogP contribution is 2.23. The highest BCUT2D eigenvalue weighted by Gasteiger charge is 2.30. The first-order valence-corrected chi connectivity index (χ1v) is 8.23. The van der Waals surface area contributed by atoms with Crippen molar-refractivity contribution in [2.24, 2.45) is 5.92 Å². The van der Waals surface area contributed by atoms with Gasteiger partial charge in [0.05, 0.1) is 19.1 Å². The Morgan fingerprint density at radius 1 is 1.22 bits per heavy atom. The number of hydrogen-bond acceptors (Lipinski definition) is 5. The smallest absolute Gasteiger partial charge is 0.227 e. The van der Waals surface area contributed by atoms with Crippen molar-refractivity contribution in [1.82, 2.24) is 19.5 Å². The number of fused-ring (bicyclic) bond motifs is 1. The minimum absolute atomic E-state index is 0.0575. The molecule has 1 unspecified atom stereocenters. The Hall–Kier alpha value is -2.15. The lowest BCUT2D eigenvalue weighted by molar-refractivity contribution is -0.139. The molecule has 2 aliphatic heterocycles. The average Bonchev–Trinajstić information content (AvgIpc) is 3.09. The number of hydrogen-bond donors (Lipinski definition) is 0. The van der Waals surface area contributed by atoms with Crippen LogP contribution in [0.15, 0.2) is 24.5 Å². The molecule has 122 valence electrons. The number of anilines is 1. The maximum Gasteiger partial charge on any atom is 0.227 e. The summed E-state index contributed by atoms with van der Waals surface area (Å²) in [5.74, 6) is 1.24. The molecule has 1 amide bonds. The molecule has 0 bridgehead atoms. The molecule has 0 spiro atoms. The summed E-state index contributed by atoms with van der Waals surface area (Å²) >= 11 is 0. The number of piperidine rings is 1. The van der Waals surface area contributed by atoms with Crippen LogP contribution in [-0.4, -0.2) is 64.8 Å². The Kier molecular flexibility index (Phi) is 3.87. The van der Waals surface area contributed by atoms with Crippen LogP contribution in [0.4, 0.5) is 5.82 Å². The van der Waals surface area contributed by atoms with Gasteiger partial charge in [0.2, 0.25) is 5.91 Å². The third-order valence-corrected chi connectivity index (χ3v) is 4.66. The molecule has 7 heteroatoms. The van der Waals surface area contributed by atoms with Crippen molar-refractivity contribution in [1.29, 1.82) is 0 Å². The summed E-state index contributed by atoms with van der Waals surface area (Å²) in [6.07, 6.45) is 5.57. The Morgan fingerprint density at radius 2 is 2.09 bits per heavy atom. The predicted octanol–water partition coefficient (Wildman–Crippen LogP) is 0.804. The van der Waals surface area contributed by atoms with E-state index < -0.39 is 0 Å². The third kappa shape index (κ3) is 2.88. The molecule has 2 aromatic heterocycles. The number of carbonyl (C=O) groups is 1. The fourth-order valence-corrected chi connectivity index (χ4v) is 3.40. The molecule has 2 aliphatic rings. The van der Waals surface area contributed by atoms with Crippen molar-refractivity contribution in [3.63, 3.8) is 0 Å². The summed E-state index contributed by atoms with van der Waals surface area (Å²) in [4.78, 5) is 21.1. The van der Waals surface area contributed by atoms with Crippen molar-refractivity contribution in [3.8, 4) is 0 Å². The van der Waals surface area contributed by atoms with Gasteiger partial charge >= 0.3 is 0 Å². The van der Waals surface area contributed by atoms with Gasteiger partial charge in [-0.2, -0.15) is 0 Å². The molecule has 0 aromatic carbocycles. The molecule has 2 aromatic rings. The quantitative estimate of drug-likeness (QED) is 0.820. The van der Waals surface area contributed by atoms with Gasteiger partial charge < -0.3 is 14.5 Å². The molecule has 4 heterocycles. The number of imidazole rings is 1. The standard InChI is InChI=1S/C16H21N5O2/c22-16(19-8-10-23-11-9-19)13-2-1-6-20(12-13)15-4-3-14-17-5-7-21(14)18-15/h3-5,7,13H,1-2,6,8-12H2. The number of morpholine rings is 1. The predicted molar refractivity (Wildman–Crippen MR) is 85.3 cm³/mol. The SMILES string of the molecule is O=C(C1CCCN(c2ccc3nccn3n2)C1)N1CCOCC1. The third-order valence-electron chi connectivity index (χ3n) is 4.66. The number of aromatic nitrogens is 3. The Morgan fingerprint density at radius 3 is 2.96 bits per heavy atom. The van der Waals surface area contributed by atoms with Crippen molar-refractivity contribution in [2.75, 3.05) is 44.3 Å². The molecular formula is C16H21N5O2. The van der Waals surface area contributed by atoms with Crippen LogP contribution in [0.1, 0.15) is 12.8 Å². The largest absolute Gasteiger partial charge is 0.378 e. The Balaban J connectivity index is 1.48. The van der Waals surface area contributed by atoms with Crippen molar-refractivity contribution >= 4 is 17.4 Å². The van der Waals surface area contributed by atoms with Crippen LogP contribution in [0, 0.1) is 5.92 Å². The van der Waals surface area contributed by atoms with E-state index in [-0.39, 0.29) is 11.8 Å². The number of rotatable bonds is 2. The molecule has 1 atom stereocenters. The summed E-state index contributed by atoms with van der Waals surface area (Å²) in [5, 5.41) is 4.60. The molecule has 4 rings (SSSR count). The molecule has 23 heavy (non-hydrogen) atoms. The van der Waals surface area contributed by atoms with E-state index >= 15 is 0 Å². The van der Waals surface area contributed by atoms with Crippen molar-refractivity contribution < 1.29 is 9.53 Å². The van der Waals surface area contributed by atoms with Crippen molar-refractivity contribution in [3.05, 3.63) is 24.5 Å². The minimum atomic E-state index is 0.0575. The fourth-order valence-electron chi connectivity index (χ4n) is 3.40. The summed E-state index contributed by atoms with van der Waals surface area (Å²) in [6.45, 7) is 4.43. The first-order valence-electron chi connectivity index (χ1n) is 8.23. The summed E-state index contributed by atoms with van der Waals surface area (Å²) in [6, 6.07) is 3.96. The molecule has 0 N–H and O–H groups in total. The van der Waals surface area contributed by atoms with Gasteiger partial charge in [0.25, 0.3) is 0 Å². The van der Waals surface area contributed by atoms with Crippen LogP contribution in [0.5, 0.6) is 0 Å². The van der Waals surface area contributed by atoms with Crippen LogP contribution in [-0.2, 0) is 9.53 Å². The molecule has 2 saturated heterocycles. The average molecular weight is 315 g/mol. The second kappa shape index (κ2) is 6.16. The normalized spacial score (nSPS) is 22.5. The first-order chi connectivity index (χ1) is 11.3. The van der Waals surface area contributed by atoms with Crippen molar-refractivity contribution in [2.45, 2.75) is 12.8 Å². The van der Waals surface area contributed by atoms with E-state index in [9.17, 15) is 4.79 Å². The lowest BCUT2D eigenvalue weighted by Gasteiger charge is -2.36. The van der Waals surface area contributed by atoms with Crippen LogP contribution >= 0.6 is 0 Å². The zero-order valence-corrected chi connectivity index (χ0v) is 13.1. The van der Waals surface area contributed by atoms with Gasteiger partial charge in [-0.15, -0.1) is 5.10 Å². The Bertz CT molecular complexity index is 695. The Labute approximate surface area is 134 Å². The maximum absolute atomic E-state index is 12.7. The zero-order chi connectivity index (χ0) is 15.6. The highest BCUT2D eigenvalue weighted by atomic mass is 16.5. The molecular weight excluding hydrogens is 294 g/mol. The van der Waals surface area contributed by atoms with Crippen LogP contribution in [0.3, 0.4) is 0 Å². The summed E-state index contributed by atoms with van der Waals surface area (Å²) in [7, 11) is 0. The lowest BCUT2D eigenvalue weighted by Crippen LogP contribution is -2.48. The van der Waals surface area contributed by atoms with E-state index in [1.165, 1.54) is 0 Å². The molecule has 7 nitrogen and oxygen atoms in total. The maximum atomic E-state index is 12.7. The number of amides is 1. The fraction of sp³-hybridized carbons (Fsp3) is 0.562. The second-order valence-corrected chi connectivity index (χ2v) is 6.14. The van der Waals surface area contributed by atoms with E-state index in [1.807, 2.05) is 23.2 Å². The van der Waals surface area contributed by atoms with E-state index in [0.717, 1.165) is 37.4 Å². The van der Waals surface area contributed by atoms with Gasteiger partial charge in [-0.25, -0.2) is 9.50 Å². The van der Waals surface area contributed by atoms with Crippen LogP contribution in [0.2, 0.25) is 0 Å². The molecule has 0 aliphatic carbocycles. The highest BCUT2D eigenvalue weighted by molar-refractivity contribution is 5.79. The van der Waals surface area contributed by atoms with Gasteiger partial charge in [-0.3, -0.25) is 4.79 Å². The number of carbonyl (C=O) groups excluding carboxylic acids is 1. The monoisotopic (exact) mass is 315 g/mol. The van der Waals surface area contributed by atoms with Crippen LogP contribution in [0.25, 0.3) is 5.65 Å². The number of ether oxygens (including phenoxy) is 1. The lowest BCUT2D eigenvalue weighted by atomic mass is 9.96. The second-order valence-electron chi connectivity index (χ2n) is 6.14.